The number of sulfone groups is 1. The molecule has 8 heteroatoms. The molecular weight excluding hydrogens is 484 g/mol. The van der Waals surface area contributed by atoms with Crippen LogP contribution in [0.15, 0.2) is 89.3 Å². The Hall–Kier alpha value is -2.96. The fourth-order valence-corrected chi connectivity index (χ4v) is 6.82. The molecule has 0 amide bonds. The summed E-state index contributed by atoms with van der Waals surface area (Å²) in [5.41, 5.74) is 3.49. The van der Waals surface area contributed by atoms with Gasteiger partial charge in [-0.1, -0.05) is 66.7 Å². The van der Waals surface area contributed by atoms with E-state index in [4.69, 9.17) is 4.98 Å². The third-order valence-corrected chi connectivity index (χ3v) is 8.72. The molecule has 172 valence electrons. The summed E-state index contributed by atoms with van der Waals surface area (Å²) in [6, 6.07) is 26.6. The lowest BCUT2D eigenvalue weighted by atomic mass is 10.0. The normalized spacial score (nSPS) is 12.2. The minimum atomic E-state index is -3.50. The molecule has 0 aliphatic heterocycles. The number of nitrogens with zero attached hydrogens (tertiary/aromatic N) is 2. The highest BCUT2D eigenvalue weighted by Gasteiger charge is 2.21. The number of pyridine rings is 1. The van der Waals surface area contributed by atoms with E-state index in [2.05, 4.69) is 6.07 Å². The number of hydrogen-bond donors (Lipinski definition) is 1. The van der Waals surface area contributed by atoms with E-state index in [0.717, 1.165) is 21.7 Å². The number of rotatable bonds is 9. The summed E-state index contributed by atoms with van der Waals surface area (Å²) in [4.78, 5) is 5.67. The zero-order valence-corrected chi connectivity index (χ0v) is 20.6. The van der Waals surface area contributed by atoms with Gasteiger partial charge < -0.3 is 5.11 Å². The molecule has 1 atom stereocenters. The predicted molar refractivity (Wildman–Crippen MR) is 138 cm³/mol. The van der Waals surface area contributed by atoms with Crippen molar-refractivity contribution < 1.29 is 13.5 Å². The second-order valence-electron chi connectivity index (χ2n) is 7.70. The standard InChI is InChI=1S/C26H22N2O3S3/c27-15-23-22(20-10-5-2-6-11-20)14-24(25-12-7-13-32-25)28-26(23)33-16-21(29)18-34(30,31)17-19-8-3-1-4-9-19/h1-14,21,29H,16-18H2. The Morgan fingerprint density at radius 3 is 2.38 bits per heavy atom. The lowest BCUT2D eigenvalue weighted by Gasteiger charge is -2.14. The van der Waals surface area contributed by atoms with Gasteiger partial charge in [-0.05, 0) is 28.6 Å². The van der Waals surface area contributed by atoms with Crippen LogP contribution in [0.4, 0.5) is 0 Å². The highest BCUT2D eigenvalue weighted by atomic mass is 32.2. The molecule has 2 aromatic carbocycles. The zero-order chi connectivity index (χ0) is 24.0. The second-order valence-corrected chi connectivity index (χ2v) is 11.8. The van der Waals surface area contributed by atoms with Crippen LogP contribution in [0.3, 0.4) is 0 Å². The lowest BCUT2D eigenvalue weighted by molar-refractivity contribution is 0.222. The van der Waals surface area contributed by atoms with Crippen LogP contribution in [-0.2, 0) is 15.6 Å². The van der Waals surface area contributed by atoms with Crippen molar-refractivity contribution in [2.45, 2.75) is 16.9 Å². The van der Waals surface area contributed by atoms with Crippen molar-refractivity contribution >= 4 is 32.9 Å². The quantitative estimate of drug-likeness (QED) is 0.305. The zero-order valence-electron chi connectivity index (χ0n) is 18.2. The summed E-state index contributed by atoms with van der Waals surface area (Å²) in [6.07, 6.45) is -1.09. The van der Waals surface area contributed by atoms with Crippen molar-refractivity contribution in [2.24, 2.45) is 0 Å². The molecule has 4 rings (SSSR count). The Kier molecular flexibility index (Phi) is 7.80. The molecule has 0 radical (unpaired) electrons. The Balaban J connectivity index is 1.57. The molecule has 0 saturated carbocycles. The van der Waals surface area contributed by atoms with E-state index in [9.17, 15) is 18.8 Å². The first-order chi connectivity index (χ1) is 16.4. The van der Waals surface area contributed by atoms with Crippen LogP contribution in [0.2, 0.25) is 0 Å². The molecule has 0 spiro atoms. The van der Waals surface area contributed by atoms with E-state index < -0.39 is 15.9 Å². The summed E-state index contributed by atoms with van der Waals surface area (Å²) in [5, 5.41) is 22.9. The van der Waals surface area contributed by atoms with Crippen LogP contribution in [0.25, 0.3) is 21.7 Å². The molecular formula is C26H22N2O3S3. The van der Waals surface area contributed by atoms with Gasteiger partial charge in [-0.2, -0.15) is 5.26 Å². The number of thiophene rings is 1. The highest BCUT2D eigenvalue weighted by molar-refractivity contribution is 7.99. The molecule has 0 fully saturated rings. The van der Waals surface area contributed by atoms with Crippen LogP contribution in [-0.4, -0.2) is 36.1 Å². The first-order valence-electron chi connectivity index (χ1n) is 10.5. The third-order valence-electron chi connectivity index (χ3n) is 5.04. The minimum Gasteiger partial charge on any atom is -0.391 e. The Labute approximate surface area is 207 Å². The average molecular weight is 507 g/mol. The van der Waals surface area contributed by atoms with Gasteiger partial charge in [0.1, 0.15) is 11.1 Å². The van der Waals surface area contributed by atoms with Gasteiger partial charge in [-0.15, -0.1) is 23.1 Å². The molecule has 0 saturated heterocycles. The van der Waals surface area contributed by atoms with Crippen LogP contribution in [0.1, 0.15) is 11.1 Å². The summed E-state index contributed by atoms with van der Waals surface area (Å²) < 4.78 is 25.1. The largest absolute Gasteiger partial charge is 0.391 e. The average Bonchev–Trinajstić information content (AvgIpc) is 3.38. The van der Waals surface area contributed by atoms with Crippen molar-refractivity contribution in [1.82, 2.24) is 4.98 Å². The highest BCUT2D eigenvalue weighted by Crippen LogP contribution is 2.35. The first kappa shape index (κ1) is 24.2. The molecule has 1 N–H and O–H groups in total. The second kappa shape index (κ2) is 11.0. The molecule has 0 bridgehead atoms. The molecule has 5 nitrogen and oxygen atoms in total. The topological polar surface area (TPSA) is 91.0 Å². The predicted octanol–water partition coefficient (Wildman–Crippen LogP) is 5.42. The summed E-state index contributed by atoms with van der Waals surface area (Å²) in [6.45, 7) is 0. The number of aliphatic hydroxyl groups is 1. The number of nitriles is 1. The SMILES string of the molecule is N#Cc1c(-c2ccccc2)cc(-c2cccs2)nc1SCC(O)CS(=O)(=O)Cc1ccccc1. The summed E-state index contributed by atoms with van der Waals surface area (Å²) >= 11 is 2.76. The van der Waals surface area contributed by atoms with Gasteiger partial charge in [0.15, 0.2) is 9.84 Å². The molecule has 2 aromatic heterocycles. The maximum absolute atomic E-state index is 12.6. The van der Waals surface area contributed by atoms with Crippen molar-refractivity contribution in [3.63, 3.8) is 0 Å². The maximum Gasteiger partial charge on any atom is 0.157 e. The van der Waals surface area contributed by atoms with Gasteiger partial charge in [-0.25, -0.2) is 13.4 Å². The van der Waals surface area contributed by atoms with E-state index in [1.165, 1.54) is 11.8 Å². The fraction of sp³-hybridized carbons (Fsp3) is 0.154. The lowest BCUT2D eigenvalue weighted by Crippen LogP contribution is -2.24. The Bertz CT molecular complexity index is 1380. The van der Waals surface area contributed by atoms with Crippen molar-refractivity contribution in [3.05, 3.63) is 95.4 Å². The number of aliphatic hydroxyl groups excluding tert-OH is 1. The number of hydrogen-bond acceptors (Lipinski definition) is 7. The van der Waals surface area contributed by atoms with Gasteiger partial charge in [0.05, 0.1) is 33.7 Å². The van der Waals surface area contributed by atoms with E-state index in [-0.39, 0.29) is 17.3 Å². The molecule has 4 aromatic rings. The van der Waals surface area contributed by atoms with Crippen LogP contribution in [0, 0.1) is 11.3 Å². The first-order valence-corrected chi connectivity index (χ1v) is 14.2. The molecule has 2 heterocycles. The van der Waals surface area contributed by atoms with E-state index in [1.54, 1.807) is 35.6 Å². The van der Waals surface area contributed by atoms with Crippen molar-refractivity contribution in [2.75, 3.05) is 11.5 Å². The van der Waals surface area contributed by atoms with Crippen LogP contribution < -0.4 is 0 Å². The van der Waals surface area contributed by atoms with E-state index in [0.29, 0.717) is 16.2 Å². The van der Waals surface area contributed by atoms with Crippen LogP contribution in [0.5, 0.6) is 0 Å². The monoisotopic (exact) mass is 506 g/mol. The molecule has 0 aliphatic carbocycles. The third kappa shape index (κ3) is 6.13. The van der Waals surface area contributed by atoms with Crippen molar-refractivity contribution in [3.8, 4) is 27.8 Å². The number of aromatic nitrogens is 1. The Morgan fingerprint density at radius 1 is 1.03 bits per heavy atom. The smallest absolute Gasteiger partial charge is 0.157 e. The van der Waals surface area contributed by atoms with E-state index >= 15 is 0 Å². The fourth-order valence-electron chi connectivity index (χ4n) is 3.53. The molecule has 34 heavy (non-hydrogen) atoms. The van der Waals surface area contributed by atoms with Crippen LogP contribution >= 0.6 is 23.1 Å². The van der Waals surface area contributed by atoms with Gasteiger partial charge >= 0.3 is 0 Å². The minimum absolute atomic E-state index is 0.109. The summed E-state index contributed by atoms with van der Waals surface area (Å²) in [5.74, 6) is -0.367. The summed E-state index contributed by atoms with van der Waals surface area (Å²) in [7, 11) is -3.50. The van der Waals surface area contributed by atoms with Gasteiger partial charge in [0.2, 0.25) is 0 Å². The Morgan fingerprint density at radius 2 is 1.74 bits per heavy atom. The van der Waals surface area contributed by atoms with Gasteiger partial charge in [0.25, 0.3) is 0 Å². The number of thioether (sulfide) groups is 1. The van der Waals surface area contributed by atoms with E-state index in [1.807, 2.05) is 60.0 Å². The van der Waals surface area contributed by atoms with Gasteiger partial charge in [-0.3, -0.25) is 0 Å². The number of benzene rings is 2. The molecule has 0 aliphatic rings. The maximum atomic E-state index is 12.6. The van der Waals surface area contributed by atoms with Crippen molar-refractivity contribution in [1.29, 1.82) is 5.26 Å². The van der Waals surface area contributed by atoms with Gasteiger partial charge in [0, 0.05) is 11.3 Å². The molecule has 1 unspecified atom stereocenters.